The minimum absolute atomic E-state index is 0.720. The van der Waals surface area contributed by atoms with Crippen molar-refractivity contribution in [1.82, 2.24) is 9.97 Å². The highest BCUT2D eigenvalue weighted by molar-refractivity contribution is 7.17. The molecule has 6 heteroatoms. The van der Waals surface area contributed by atoms with Gasteiger partial charge in [-0.2, -0.15) is 0 Å². The first kappa shape index (κ1) is 18.6. The van der Waals surface area contributed by atoms with Crippen molar-refractivity contribution >= 4 is 56.0 Å². The first-order valence-corrected chi connectivity index (χ1v) is 10.7. The molecule has 0 unspecified atom stereocenters. The number of nitrogens with zero attached hydrogens (tertiary/aromatic N) is 2. The molecular formula is C24H17ClN4S. The second-order valence-electron chi connectivity index (χ2n) is 6.75. The molecular weight excluding hydrogens is 412 g/mol. The molecule has 5 rings (SSSR count). The van der Waals surface area contributed by atoms with E-state index in [9.17, 15) is 0 Å². The molecule has 0 aliphatic rings. The summed E-state index contributed by atoms with van der Waals surface area (Å²) in [5.41, 5.74) is 5.23. The fourth-order valence-electron chi connectivity index (χ4n) is 3.27. The van der Waals surface area contributed by atoms with Gasteiger partial charge in [-0.3, -0.25) is 0 Å². The van der Waals surface area contributed by atoms with Gasteiger partial charge in [0.2, 0.25) is 0 Å². The van der Waals surface area contributed by atoms with Gasteiger partial charge in [0.05, 0.1) is 5.39 Å². The lowest BCUT2D eigenvalue weighted by molar-refractivity contribution is 1.23. The number of fused-ring (bicyclic) bond motifs is 1. The van der Waals surface area contributed by atoms with Crippen LogP contribution in [0.5, 0.6) is 0 Å². The van der Waals surface area contributed by atoms with E-state index in [1.54, 1.807) is 17.7 Å². The van der Waals surface area contributed by atoms with E-state index in [-0.39, 0.29) is 0 Å². The number of thiophene rings is 1. The van der Waals surface area contributed by atoms with Gasteiger partial charge in [-0.1, -0.05) is 41.9 Å². The van der Waals surface area contributed by atoms with Crippen molar-refractivity contribution < 1.29 is 0 Å². The molecule has 0 aliphatic carbocycles. The molecule has 0 atom stereocenters. The summed E-state index contributed by atoms with van der Waals surface area (Å²) in [5.74, 6) is 0.787. The van der Waals surface area contributed by atoms with Crippen molar-refractivity contribution in [2.75, 3.05) is 10.6 Å². The summed E-state index contributed by atoms with van der Waals surface area (Å²) in [6.45, 7) is 0. The molecule has 0 radical (unpaired) electrons. The molecule has 0 spiro atoms. The first-order valence-electron chi connectivity index (χ1n) is 9.43. The molecule has 0 fully saturated rings. The molecule has 5 aromatic rings. The SMILES string of the molecule is Clc1ccc(-c2csc3ncnc(Nc4ccc(Nc5ccccc5)cc4)c23)cc1. The molecule has 0 amide bonds. The van der Waals surface area contributed by atoms with Crippen LogP contribution in [0.4, 0.5) is 22.9 Å². The number of hydrogen-bond donors (Lipinski definition) is 2. The zero-order chi connectivity index (χ0) is 20.3. The van der Waals surface area contributed by atoms with E-state index in [4.69, 9.17) is 11.6 Å². The largest absolute Gasteiger partial charge is 0.356 e. The Labute approximate surface area is 183 Å². The van der Waals surface area contributed by atoms with Crippen molar-refractivity contribution in [3.63, 3.8) is 0 Å². The topological polar surface area (TPSA) is 49.8 Å². The van der Waals surface area contributed by atoms with Crippen LogP contribution in [0.3, 0.4) is 0 Å². The van der Waals surface area contributed by atoms with Crippen molar-refractivity contribution in [2.24, 2.45) is 0 Å². The Morgan fingerprint density at radius 2 is 1.37 bits per heavy atom. The van der Waals surface area contributed by atoms with Crippen molar-refractivity contribution in [1.29, 1.82) is 0 Å². The minimum Gasteiger partial charge on any atom is -0.356 e. The molecule has 3 aromatic carbocycles. The smallest absolute Gasteiger partial charge is 0.143 e. The molecule has 0 saturated heterocycles. The summed E-state index contributed by atoms with van der Waals surface area (Å²) >= 11 is 7.66. The highest BCUT2D eigenvalue weighted by Gasteiger charge is 2.13. The minimum atomic E-state index is 0.720. The Balaban J connectivity index is 1.44. The van der Waals surface area contributed by atoms with Crippen LogP contribution < -0.4 is 10.6 Å². The maximum Gasteiger partial charge on any atom is 0.143 e. The van der Waals surface area contributed by atoms with Crippen LogP contribution in [0, 0.1) is 0 Å². The number of anilines is 4. The number of halogens is 1. The van der Waals surface area contributed by atoms with E-state index in [1.807, 2.05) is 78.9 Å². The molecule has 0 saturated carbocycles. The summed E-state index contributed by atoms with van der Waals surface area (Å²) in [7, 11) is 0. The highest BCUT2D eigenvalue weighted by Crippen LogP contribution is 2.37. The van der Waals surface area contributed by atoms with Crippen molar-refractivity contribution in [3.05, 3.63) is 95.6 Å². The quantitative estimate of drug-likeness (QED) is 0.304. The van der Waals surface area contributed by atoms with E-state index in [0.717, 1.165) is 49.2 Å². The monoisotopic (exact) mass is 428 g/mol. The van der Waals surface area contributed by atoms with E-state index >= 15 is 0 Å². The third-order valence-corrected chi connectivity index (χ3v) is 5.87. The van der Waals surface area contributed by atoms with Crippen molar-refractivity contribution in [3.8, 4) is 11.1 Å². The molecule has 2 aromatic heterocycles. The van der Waals surface area contributed by atoms with Gasteiger partial charge in [0.1, 0.15) is 17.0 Å². The lowest BCUT2D eigenvalue weighted by Crippen LogP contribution is -1.96. The Bertz CT molecular complexity index is 1280. The molecule has 4 nitrogen and oxygen atoms in total. The second-order valence-corrected chi connectivity index (χ2v) is 8.05. The third-order valence-electron chi connectivity index (χ3n) is 4.74. The Hall–Kier alpha value is -3.41. The van der Waals surface area contributed by atoms with Gasteiger partial charge in [0.15, 0.2) is 0 Å². The molecule has 146 valence electrons. The lowest BCUT2D eigenvalue weighted by Gasteiger charge is -2.10. The fourth-order valence-corrected chi connectivity index (χ4v) is 4.32. The zero-order valence-corrected chi connectivity index (χ0v) is 17.4. The Kier molecular flexibility index (Phi) is 5.05. The summed E-state index contributed by atoms with van der Waals surface area (Å²) in [5, 5.41) is 10.7. The Morgan fingerprint density at radius 3 is 2.10 bits per heavy atom. The lowest BCUT2D eigenvalue weighted by atomic mass is 10.1. The fraction of sp³-hybridized carbons (Fsp3) is 0. The van der Waals surface area contributed by atoms with Crippen LogP contribution in [-0.2, 0) is 0 Å². The summed E-state index contributed by atoms with van der Waals surface area (Å²) in [4.78, 5) is 9.89. The van der Waals surface area contributed by atoms with Gasteiger partial charge in [0, 0.05) is 33.0 Å². The maximum atomic E-state index is 6.05. The Morgan fingerprint density at radius 1 is 0.700 bits per heavy atom. The van der Waals surface area contributed by atoms with Gasteiger partial charge in [-0.15, -0.1) is 11.3 Å². The molecule has 0 bridgehead atoms. The van der Waals surface area contributed by atoms with Crippen LogP contribution in [0.25, 0.3) is 21.3 Å². The van der Waals surface area contributed by atoms with Crippen LogP contribution in [0.15, 0.2) is 90.6 Å². The standard InChI is InChI=1S/C24H17ClN4S/c25-17-8-6-16(7-9-17)21-14-30-24-22(21)23(26-15-27-24)29-20-12-10-19(11-13-20)28-18-4-2-1-3-5-18/h1-15,28H,(H,26,27,29). The summed E-state index contributed by atoms with van der Waals surface area (Å²) in [6, 6.07) is 26.1. The normalized spacial score (nSPS) is 10.8. The number of aromatic nitrogens is 2. The van der Waals surface area contributed by atoms with E-state index in [1.165, 1.54) is 0 Å². The van der Waals surface area contributed by atoms with E-state index < -0.39 is 0 Å². The highest BCUT2D eigenvalue weighted by atomic mass is 35.5. The van der Waals surface area contributed by atoms with Crippen LogP contribution in [0.2, 0.25) is 5.02 Å². The second kappa shape index (κ2) is 8.14. The average molecular weight is 429 g/mol. The van der Waals surface area contributed by atoms with E-state index in [0.29, 0.717) is 0 Å². The van der Waals surface area contributed by atoms with Gasteiger partial charge < -0.3 is 10.6 Å². The zero-order valence-electron chi connectivity index (χ0n) is 15.8. The number of hydrogen-bond acceptors (Lipinski definition) is 5. The average Bonchev–Trinajstić information content (AvgIpc) is 3.22. The summed E-state index contributed by atoms with van der Waals surface area (Å²) < 4.78 is 0. The third kappa shape index (κ3) is 3.85. The van der Waals surface area contributed by atoms with Crippen LogP contribution >= 0.6 is 22.9 Å². The number of nitrogens with one attached hydrogen (secondary N) is 2. The predicted molar refractivity (Wildman–Crippen MR) is 127 cm³/mol. The van der Waals surface area contributed by atoms with Gasteiger partial charge >= 0.3 is 0 Å². The van der Waals surface area contributed by atoms with Crippen LogP contribution in [-0.4, -0.2) is 9.97 Å². The van der Waals surface area contributed by atoms with Crippen LogP contribution in [0.1, 0.15) is 0 Å². The van der Waals surface area contributed by atoms with Gasteiger partial charge in [0.25, 0.3) is 0 Å². The molecule has 30 heavy (non-hydrogen) atoms. The van der Waals surface area contributed by atoms with E-state index in [2.05, 4.69) is 26.0 Å². The molecule has 0 aliphatic heterocycles. The van der Waals surface area contributed by atoms with Gasteiger partial charge in [-0.05, 0) is 54.1 Å². The first-order chi connectivity index (χ1) is 14.8. The number of rotatable bonds is 5. The maximum absolute atomic E-state index is 6.05. The number of para-hydroxylation sites is 1. The summed E-state index contributed by atoms with van der Waals surface area (Å²) in [6.07, 6.45) is 1.60. The van der Waals surface area contributed by atoms with Crippen molar-refractivity contribution in [2.45, 2.75) is 0 Å². The predicted octanol–water partition coefficient (Wildman–Crippen LogP) is 7.50. The van der Waals surface area contributed by atoms with Gasteiger partial charge in [-0.25, -0.2) is 9.97 Å². The number of benzene rings is 3. The molecule has 2 heterocycles. The molecule has 2 N–H and O–H groups in total.